The molecule has 1 N–H and O–H groups in total. The number of amides is 1. The fraction of sp³-hybridized carbons (Fsp3) is 0.462. The summed E-state index contributed by atoms with van der Waals surface area (Å²) in [7, 11) is 0. The van der Waals surface area contributed by atoms with Crippen LogP contribution in [-0.4, -0.2) is 34.4 Å². The average Bonchev–Trinajstić information content (AvgIpc) is 2.35. The van der Waals surface area contributed by atoms with E-state index in [9.17, 15) is 4.79 Å². The smallest absolute Gasteiger partial charge is 0.238 e. The molecule has 0 aromatic carbocycles. The van der Waals surface area contributed by atoms with Crippen LogP contribution in [0.2, 0.25) is 0 Å². The number of aromatic nitrogens is 1. The molecule has 1 aromatic rings. The monoisotopic (exact) mass is 244 g/mol. The Hall–Kier alpha value is -1.93. The van der Waals surface area contributed by atoms with Gasteiger partial charge < -0.3 is 5.32 Å². The number of rotatable bonds is 3. The van der Waals surface area contributed by atoms with E-state index in [1.165, 1.54) is 0 Å². The van der Waals surface area contributed by atoms with E-state index in [1.54, 1.807) is 12.4 Å². The Kier molecular flexibility index (Phi) is 3.90. The Labute approximate surface area is 106 Å². The zero-order valence-electron chi connectivity index (χ0n) is 10.3. The number of nitrogens with one attached hydrogen (secondary N) is 1. The number of carbonyl (C=O) groups excluding carboxylic acids is 1. The number of hydrogen-bond donors (Lipinski definition) is 1. The summed E-state index contributed by atoms with van der Waals surface area (Å²) in [6.07, 6.45) is 3.70. The number of hydrogen-bond acceptors (Lipinski definition) is 4. The van der Waals surface area contributed by atoms with Gasteiger partial charge in [0.25, 0.3) is 0 Å². The molecule has 1 amide bonds. The maximum absolute atomic E-state index is 11.9. The Morgan fingerprint density at radius 3 is 2.94 bits per heavy atom. The van der Waals surface area contributed by atoms with Crippen LogP contribution < -0.4 is 5.32 Å². The molecule has 1 aliphatic heterocycles. The van der Waals surface area contributed by atoms with Crippen molar-refractivity contribution in [1.29, 1.82) is 5.26 Å². The van der Waals surface area contributed by atoms with Gasteiger partial charge in [-0.05, 0) is 24.6 Å². The predicted octanol–water partition coefficient (Wildman–Crippen LogP) is 0.684. The van der Waals surface area contributed by atoms with Crippen LogP contribution in [0.3, 0.4) is 0 Å². The van der Waals surface area contributed by atoms with Gasteiger partial charge in [-0.3, -0.25) is 14.7 Å². The van der Waals surface area contributed by atoms with Crippen molar-refractivity contribution in [3.63, 3.8) is 0 Å². The molecule has 0 bridgehead atoms. The molecule has 0 saturated carbocycles. The number of nitrogens with zero attached hydrogens (tertiary/aromatic N) is 3. The van der Waals surface area contributed by atoms with Crippen molar-refractivity contribution in [3.8, 4) is 6.07 Å². The van der Waals surface area contributed by atoms with Crippen LogP contribution in [-0.2, 0) is 11.3 Å². The lowest BCUT2D eigenvalue weighted by Gasteiger charge is -2.37. The molecule has 2 heterocycles. The van der Waals surface area contributed by atoms with Gasteiger partial charge in [0, 0.05) is 31.5 Å². The highest BCUT2D eigenvalue weighted by Crippen LogP contribution is 2.15. The molecule has 1 aromatic heterocycles. The molecule has 2 rings (SSSR count). The summed E-state index contributed by atoms with van der Waals surface area (Å²) in [6.45, 7) is 3.41. The first-order valence-electron chi connectivity index (χ1n) is 6.01. The molecule has 1 saturated heterocycles. The van der Waals surface area contributed by atoms with E-state index in [0.29, 0.717) is 6.54 Å². The molecule has 94 valence electrons. The summed E-state index contributed by atoms with van der Waals surface area (Å²) < 4.78 is 0. The highest BCUT2D eigenvalue weighted by Gasteiger charge is 2.32. The summed E-state index contributed by atoms with van der Waals surface area (Å²) >= 11 is 0. The van der Waals surface area contributed by atoms with Gasteiger partial charge in [0.15, 0.2) is 0 Å². The van der Waals surface area contributed by atoms with Crippen LogP contribution in [0.5, 0.6) is 0 Å². The minimum atomic E-state index is -0.348. The van der Waals surface area contributed by atoms with E-state index in [2.05, 4.69) is 21.3 Å². The molecule has 1 aliphatic rings. The van der Waals surface area contributed by atoms with Crippen LogP contribution in [0.4, 0.5) is 0 Å². The minimum absolute atomic E-state index is 0.0515. The third kappa shape index (κ3) is 2.84. The minimum Gasteiger partial charge on any atom is -0.351 e. The summed E-state index contributed by atoms with van der Waals surface area (Å²) in [6, 6.07) is 5.72. The third-order valence-electron chi connectivity index (χ3n) is 3.06. The first-order valence-corrected chi connectivity index (χ1v) is 6.01. The normalized spacial score (nSPS) is 24.3. The van der Waals surface area contributed by atoms with Crippen LogP contribution in [0.15, 0.2) is 24.5 Å². The van der Waals surface area contributed by atoms with Gasteiger partial charge in [-0.1, -0.05) is 0 Å². The molecule has 0 spiro atoms. The van der Waals surface area contributed by atoms with Gasteiger partial charge in [0.1, 0.15) is 6.04 Å². The molecule has 0 radical (unpaired) electrons. The average molecular weight is 244 g/mol. The van der Waals surface area contributed by atoms with Crippen molar-refractivity contribution in [2.24, 2.45) is 0 Å². The lowest BCUT2D eigenvalue weighted by molar-refractivity contribution is -0.130. The first-order chi connectivity index (χ1) is 8.70. The Morgan fingerprint density at radius 2 is 2.28 bits per heavy atom. The van der Waals surface area contributed by atoms with Gasteiger partial charge in [-0.25, -0.2) is 0 Å². The van der Waals surface area contributed by atoms with Crippen LogP contribution in [0.25, 0.3) is 0 Å². The zero-order chi connectivity index (χ0) is 13.0. The summed E-state index contributed by atoms with van der Waals surface area (Å²) in [5.41, 5.74) is 1.11. The van der Waals surface area contributed by atoms with Gasteiger partial charge in [-0.2, -0.15) is 5.26 Å². The second-order valence-corrected chi connectivity index (χ2v) is 4.57. The highest BCUT2D eigenvalue weighted by atomic mass is 16.2. The number of piperazine rings is 1. The van der Waals surface area contributed by atoms with Gasteiger partial charge in [-0.15, -0.1) is 0 Å². The van der Waals surface area contributed by atoms with Gasteiger partial charge in [0.2, 0.25) is 5.91 Å². The number of carbonyl (C=O) groups is 1. The zero-order valence-corrected chi connectivity index (χ0v) is 10.3. The standard InChI is InChI=1S/C13H16N4O/c1-10-8-17(9-11-3-6-15-7-4-11)12(2-5-14)13(18)16-10/h3-4,6-7,10,12H,2,8-9H2,1H3,(H,16,18). The van der Waals surface area contributed by atoms with Crippen LogP contribution in [0, 0.1) is 11.3 Å². The SMILES string of the molecule is CC1CN(Cc2ccncc2)C(CC#N)C(=O)N1. The fourth-order valence-corrected chi connectivity index (χ4v) is 2.24. The van der Waals surface area contributed by atoms with Crippen molar-refractivity contribution >= 4 is 5.91 Å². The third-order valence-corrected chi connectivity index (χ3v) is 3.06. The van der Waals surface area contributed by atoms with E-state index in [4.69, 9.17) is 5.26 Å². The molecule has 1 fully saturated rings. The molecule has 2 atom stereocenters. The van der Waals surface area contributed by atoms with Crippen molar-refractivity contribution in [1.82, 2.24) is 15.2 Å². The summed E-state index contributed by atoms with van der Waals surface area (Å²) in [5.74, 6) is -0.0515. The van der Waals surface area contributed by atoms with Gasteiger partial charge >= 0.3 is 0 Å². The topological polar surface area (TPSA) is 69.0 Å². The lowest BCUT2D eigenvalue weighted by atomic mass is 10.1. The molecule has 2 unspecified atom stereocenters. The Balaban J connectivity index is 2.12. The fourth-order valence-electron chi connectivity index (χ4n) is 2.24. The van der Waals surface area contributed by atoms with Crippen molar-refractivity contribution in [2.45, 2.75) is 32.0 Å². The molecular weight excluding hydrogens is 228 g/mol. The highest BCUT2D eigenvalue weighted by molar-refractivity contribution is 5.83. The molecular formula is C13H16N4O. The summed E-state index contributed by atoms with van der Waals surface area (Å²) in [4.78, 5) is 17.9. The second kappa shape index (κ2) is 5.61. The van der Waals surface area contributed by atoms with Crippen molar-refractivity contribution < 1.29 is 4.79 Å². The predicted molar refractivity (Wildman–Crippen MR) is 66.3 cm³/mol. The number of nitriles is 1. The lowest BCUT2D eigenvalue weighted by Crippen LogP contribution is -2.58. The van der Waals surface area contributed by atoms with Crippen LogP contribution >= 0.6 is 0 Å². The van der Waals surface area contributed by atoms with E-state index in [-0.39, 0.29) is 24.4 Å². The van der Waals surface area contributed by atoms with E-state index >= 15 is 0 Å². The van der Waals surface area contributed by atoms with E-state index in [1.807, 2.05) is 19.1 Å². The van der Waals surface area contributed by atoms with E-state index in [0.717, 1.165) is 12.1 Å². The first kappa shape index (κ1) is 12.5. The van der Waals surface area contributed by atoms with Crippen molar-refractivity contribution in [3.05, 3.63) is 30.1 Å². The van der Waals surface area contributed by atoms with E-state index < -0.39 is 0 Å². The number of pyridine rings is 1. The summed E-state index contributed by atoms with van der Waals surface area (Å²) in [5, 5.41) is 11.7. The Morgan fingerprint density at radius 1 is 1.56 bits per heavy atom. The molecule has 5 heteroatoms. The molecule has 5 nitrogen and oxygen atoms in total. The Bertz CT molecular complexity index is 454. The largest absolute Gasteiger partial charge is 0.351 e. The maximum Gasteiger partial charge on any atom is 0.238 e. The van der Waals surface area contributed by atoms with Crippen molar-refractivity contribution in [2.75, 3.05) is 6.54 Å². The molecule has 0 aliphatic carbocycles. The van der Waals surface area contributed by atoms with Gasteiger partial charge in [0.05, 0.1) is 12.5 Å². The molecule has 18 heavy (non-hydrogen) atoms. The second-order valence-electron chi connectivity index (χ2n) is 4.57. The van der Waals surface area contributed by atoms with Crippen LogP contribution in [0.1, 0.15) is 18.9 Å². The quantitative estimate of drug-likeness (QED) is 0.849. The maximum atomic E-state index is 11.9.